The molecule has 3 N–H and O–H groups in total. The fraction of sp³-hybridized carbons (Fsp3) is 0.200. The van der Waals surface area contributed by atoms with E-state index in [1.54, 1.807) is 50.4 Å². The van der Waals surface area contributed by atoms with Gasteiger partial charge in [0.05, 0.1) is 41.6 Å². The highest BCUT2D eigenvalue weighted by atomic mass is 35.5. The van der Waals surface area contributed by atoms with E-state index < -0.39 is 6.04 Å². The molecule has 3 rings (SSSR count). The molecule has 1 heterocycles. The van der Waals surface area contributed by atoms with Crippen molar-refractivity contribution in [1.29, 1.82) is 0 Å². The number of hydrogen-bond acceptors (Lipinski definition) is 4. The summed E-state index contributed by atoms with van der Waals surface area (Å²) in [4.78, 5) is 13.3. The van der Waals surface area contributed by atoms with Gasteiger partial charge in [0.2, 0.25) is 0 Å². The summed E-state index contributed by atoms with van der Waals surface area (Å²) in [6.07, 6.45) is 0. The first kappa shape index (κ1) is 21.2. The van der Waals surface area contributed by atoms with Gasteiger partial charge in [-0.15, -0.1) is 0 Å². The zero-order valence-corrected chi connectivity index (χ0v) is 18.3. The Morgan fingerprint density at radius 3 is 2.62 bits per heavy atom. The first-order chi connectivity index (χ1) is 13.8. The highest BCUT2D eigenvalue weighted by Gasteiger charge is 2.32. The van der Waals surface area contributed by atoms with E-state index >= 15 is 0 Å². The molecule has 29 heavy (non-hydrogen) atoms. The molecular formula is C20H19Cl2N3O3S. The molecule has 0 radical (unpaired) electrons. The van der Waals surface area contributed by atoms with Crippen molar-refractivity contribution in [3.63, 3.8) is 0 Å². The van der Waals surface area contributed by atoms with E-state index in [2.05, 4.69) is 16.0 Å². The lowest BCUT2D eigenvalue weighted by molar-refractivity contribution is -0.113. The maximum absolute atomic E-state index is 13.3. The van der Waals surface area contributed by atoms with Crippen molar-refractivity contribution in [2.75, 3.05) is 19.5 Å². The Labute approximate surface area is 184 Å². The summed E-state index contributed by atoms with van der Waals surface area (Å²) in [7, 11) is 3.08. The molecule has 1 atom stereocenters. The average Bonchev–Trinajstić information content (AvgIpc) is 2.69. The van der Waals surface area contributed by atoms with E-state index in [1.165, 1.54) is 7.11 Å². The van der Waals surface area contributed by atoms with Crippen LogP contribution in [0, 0.1) is 0 Å². The number of thiocarbonyl (C=S) groups is 1. The van der Waals surface area contributed by atoms with E-state index in [0.29, 0.717) is 49.2 Å². The maximum Gasteiger partial charge on any atom is 0.255 e. The molecule has 1 aliphatic heterocycles. The second-order valence-corrected chi connectivity index (χ2v) is 7.43. The Bertz CT molecular complexity index is 1010. The third-order valence-electron chi connectivity index (χ3n) is 4.46. The zero-order chi connectivity index (χ0) is 21.1. The van der Waals surface area contributed by atoms with E-state index in [4.69, 9.17) is 44.9 Å². The van der Waals surface area contributed by atoms with Crippen LogP contribution < -0.4 is 25.4 Å². The van der Waals surface area contributed by atoms with Crippen LogP contribution in [0.2, 0.25) is 10.0 Å². The van der Waals surface area contributed by atoms with Crippen LogP contribution in [-0.2, 0) is 4.79 Å². The number of amides is 1. The molecule has 0 fully saturated rings. The average molecular weight is 452 g/mol. The van der Waals surface area contributed by atoms with Gasteiger partial charge in [0.1, 0.15) is 11.5 Å². The highest BCUT2D eigenvalue weighted by molar-refractivity contribution is 7.80. The standard InChI is InChI=1S/C20H19Cl2N3O3S/c1-10-16(19(26)24-14-9-11(27-2)7-8-15(14)28-3)18(25-20(29)23-10)12-5-4-6-13(21)17(12)22/h4-9,18H,1-3H3,(H,24,26)(H2,23,25,29). The summed E-state index contributed by atoms with van der Waals surface area (Å²) >= 11 is 17.9. The van der Waals surface area contributed by atoms with Crippen LogP contribution in [0.3, 0.4) is 0 Å². The normalized spacial score (nSPS) is 16.0. The van der Waals surface area contributed by atoms with Gasteiger partial charge in [-0.2, -0.15) is 0 Å². The Hall–Kier alpha value is -2.48. The zero-order valence-electron chi connectivity index (χ0n) is 15.9. The van der Waals surface area contributed by atoms with Crippen molar-refractivity contribution in [2.45, 2.75) is 13.0 Å². The Morgan fingerprint density at radius 1 is 1.17 bits per heavy atom. The van der Waals surface area contributed by atoms with Crippen molar-refractivity contribution in [1.82, 2.24) is 10.6 Å². The minimum Gasteiger partial charge on any atom is -0.497 e. The first-order valence-electron chi connectivity index (χ1n) is 8.61. The number of ether oxygens (including phenoxy) is 2. The SMILES string of the molecule is COc1ccc(OC)c(NC(=O)C2=C(C)NC(=S)NC2c2cccc(Cl)c2Cl)c1. The van der Waals surface area contributed by atoms with Gasteiger partial charge in [-0.05, 0) is 42.9 Å². The molecule has 1 amide bonds. The molecule has 0 aliphatic carbocycles. The van der Waals surface area contributed by atoms with Crippen LogP contribution in [-0.4, -0.2) is 25.2 Å². The van der Waals surface area contributed by atoms with E-state index in [1.807, 2.05) is 0 Å². The van der Waals surface area contributed by atoms with Gasteiger partial charge in [-0.25, -0.2) is 0 Å². The summed E-state index contributed by atoms with van der Waals surface area (Å²) in [6, 6.07) is 9.82. The molecule has 2 aromatic rings. The van der Waals surface area contributed by atoms with Gasteiger partial charge in [0.25, 0.3) is 5.91 Å². The Balaban J connectivity index is 2.02. The molecule has 2 aromatic carbocycles. The minimum absolute atomic E-state index is 0.349. The van der Waals surface area contributed by atoms with Crippen molar-refractivity contribution in [3.05, 3.63) is 63.3 Å². The number of nitrogens with one attached hydrogen (secondary N) is 3. The van der Waals surface area contributed by atoms with Crippen molar-refractivity contribution in [2.24, 2.45) is 0 Å². The third-order valence-corrected chi connectivity index (χ3v) is 5.51. The molecule has 9 heteroatoms. The Morgan fingerprint density at radius 2 is 1.93 bits per heavy atom. The molecule has 6 nitrogen and oxygen atoms in total. The second-order valence-electron chi connectivity index (χ2n) is 6.23. The Kier molecular flexibility index (Phi) is 6.52. The molecule has 0 spiro atoms. The summed E-state index contributed by atoms with van der Waals surface area (Å²) in [5.41, 5.74) is 2.15. The summed E-state index contributed by atoms with van der Waals surface area (Å²) < 4.78 is 10.6. The van der Waals surface area contributed by atoms with Gasteiger partial charge in [0, 0.05) is 11.8 Å². The van der Waals surface area contributed by atoms with Crippen LogP contribution in [0.1, 0.15) is 18.5 Å². The predicted molar refractivity (Wildman–Crippen MR) is 119 cm³/mol. The summed E-state index contributed by atoms with van der Waals surface area (Å²) in [5, 5.41) is 10.1. The minimum atomic E-state index is -0.577. The molecule has 0 saturated heterocycles. The molecule has 0 bridgehead atoms. The summed E-state index contributed by atoms with van der Waals surface area (Å²) in [6.45, 7) is 1.77. The number of allylic oxidation sites excluding steroid dienone is 1. The fourth-order valence-corrected chi connectivity index (χ4v) is 3.76. The van der Waals surface area contributed by atoms with Gasteiger partial charge in [-0.3, -0.25) is 4.79 Å². The largest absolute Gasteiger partial charge is 0.497 e. The topological polar surface area (TPSA) is 71.6 Å². The van der Waals surface area contributed by atoms with Gasteiger partial charge in [0.15, 0.2) is 5.11 Å². The van der Waals surface area contributed by atoms with Crippen LogP contribution in [0.5, 0.6) is 11.5 Å². The lowest BCUT2D eigenvalue weighted by atomic mass is 9.94. The van der Waals surface area contributed by atoms with Crippen LogP contribution in [0.4, 0.5) is 5.69 Å². The molecule has 0 saturated carbocycles. The number of methoxy groups -OCH3 is 2. The molecular weight excluding hydrogens is 433 g/mol. The number of carbonyl (C=O) groups is 1. The highest BCUT2D eigenvalue weighted by Crippen LogP contribution is 2.36. The van der Waals surface area contributed by atoms with Crippen LogP contribution in [0.25, 0.3) is 0 Å². The number of anilines is 1. The first-order valence-corrected chi connectivity index (χ1v) is 9.77. The van der Waals surface area contributed by atoms with E-state index in [9.17, 15) is 4.79 Å². The molecule has 152 valence electrons. The maximum atomic E-state index is 13.3. The van der Waals surface area contributed by atoms with Crippen molar-refractivity contribution < 1.29 is 14.3 Å². The fourth-order valence-electron chi connectivity index (χ4n) is 3.07. The number of halogens is 2. The predicted octanol–water partition coefficient (Wildman–Crippen LogP) is 4.44. The quantitative estimate of drug-likeness (QED) is 0.583. The molecule has 1 unspecified atom stereocenters. The van der Waals surface area contributed by atoms with Gasteiger partial charge >= 0.3 is 0 Å². The third kappa shape index (κ3) is 4.42. The van der Waals surface area contributed by atoms with Crippen molar-refractivity contribution >= 4 is 52.1 Å². The van der Waals surface area contributed by atoms with Gasteiger partial charge in [-0.1, -0.05) is 35.3 Å². The molecule has 1 aliphatic rings. The van der Waals surface area contributed by atoms with Crippen molar-refractivity contribution in [3.8, 4) is 11.5 Å². The van der Waals surface area contributed by atoms with Crippen LogP contribution in [0.15, 0.2) is 47.7 Å². The lowest BCUT2D eigenvalue weighted by Crippen LogP contribution is -2.45. The number of benzene rings is 2. The van der Waals surface area contributed by atoms with E-state index in [0.717, 1.165) is 0 Å². The smallest absolute Gasteiger partial charge is 0.255 e. The molecule has 0 aromatic heterocycles. The van der Waals surface area contributed by atoms with E-state index in [-0.39, 0.29) is 5.91 Å². The number of carbonyl (C=O) groups excluding carboxylic acids is 1. The lowest BCUT2D eigenvalue weighted by Gasteiger charge is -2.31. The second kappa shape index (κ2) is 8.90. The van der Waals surface area contributed by atoms with Crippen LogP contribution >= 0.6 is 35.4 Å². The summed E-state index contributed by atoms with van der Waals surface area (Å²) in [5.74, 6) is 0.738. The number of rotatable bonds is 5. The van der Waals surface area contributed by atoms with Gasteiger partial charge < -0.3 is 25.4 Å². The number of hydrogen-bond donors (Lipinski definition) is 3. The monoisotopic (exact) mass is 451 g/mol.